The summed E-state index contributed by atoms with van der Waals surface area (Å²) in [5.74, 6) is 2.57. The Hall–Kier alpha value is -1.36. The maximum atomic E-state index is 13.9. The lowest BCUT2D eigenvalue weighted by Gasteiger charge is -2.54. The van der Waals surface area contributed by atoms with E-state index in [0.717, 1.165) is 35.8 Å². The van der Waals surface area contributed by atoms with Crippen LogP contribution in [0, 0.1) is 37.5 Å². The number of benzene rings is 1. The van der Waals surface area contributed by atoms with Crippen LogP contribution in [-0.2, 0) is 14.6 Å². The molecule has 5 heteroatoms. The molecule has 4 nitrogen and oxygen atoms in total. The first-order chi connectivity index (χ1) is 13.8. The van der Waals surface area contributed by atoms with Crippen LogP contribution in [-0.4, -0.2) is 25.1 Å². The molecule has 5 aliphatic carbocycles. The molecule has 158 valence electrons. The van der Waals surface area contributed by atoms with Crippen LogP contribution in [0.4, 0.5) is 0 Å². The van der Waals surface area contributed by atoms with Gasteiger partial charge < -0.3 is 5.32 Å². The molecule has 0 atom stereocenters. The highest BCUT2D eigenvalue weighted by molar-refractivity contribution is 7.93. The van der Waals surface area contributed by atoms with Gasteiger partial charge in [-0.1, -0.05) is 25.0 Å². The fraction of sp³-hybridized carbons (Fsp3) is 0.708. The van der Waals surface area contributed by atoms with Gasteiger partial charge in [0.25, 0.3) is 0 Å². The standard InChI is InChI=1S/C24H33NO3S/c1-15-5-6-16(2)21(9-15)29(27,28)24(7-3-4-8-24)23(26)25-22-19-11-17-10-18(13-19)14-20(22)12-17/h5-6,9,17-20,22H,3-4,7-8,10-14H2,1-2H3,(H,25,26). The molecule has 0 radical (unpaired) electrons. The number of hydrogen-bond acceptors (Lipinski definition) is 3. The Labute approximate surface area is 174 Å². The topological polar surface area (TPSA) is 63.2 Å². The van der Waals surface area contributed by atoms with Gasteiger partial charge in [0.1, 0.15) is 0 Å². The van der Waals surface area contributed by atoms with Crippen LogP contribution in [0.1, 0.15) is 68.9 Å². The monoisotopic (exact) mass is 415 g/mol. The summed E-state index contributed by atoms with van der Waals surface area (Å²) >= 11 is 0. The van der Waals surface area contributed by atoms with Crippen molar-refractivity contribution in [3.8, 4) is 0 Å². The zero-order valence-electron chi connectivity index (χ0n) is 17.6. The van der Waals surface area contributed by atoms with Crippen molar-refractivity contribution in [2.45, 2.75) is 87.3 Å². The van der Waals surface area contributed by atoms with E-state index in [1.54, 1.807) is 6.07 Å². The summed E-state index contributed by atoms with van der Waals surface area (Å²) in [6, 6.07) is 5.73. The minimum atomic E-state index is -3.74. The minimum Gasteiger partial charge on any atom is -0.351 e. The molecule has 4 bridgehead atoms. The van der Waals surface area contributed by atoms with Crippen LogP contribution in [0.5, 0.6) is 0 Å². The average Bonchev–Trinajstić information content (AvgIpc) is 3.17. The molecule has 1 N–H and O–H groups in total. The summed E-state index contributed by atoms with van der Waals surface area (Å²) in [6.45, 7) is 3.75. The Bertz CT molecular complexity index is 901. The van der Waals surface area contributed by atoms with E-state index in [-0.39, 0.29) is 11.9 Å². The van der Waals surface area contributed by atoms with Crippen LogP contribution in [0.25, 0.3) is 0 Å². The van der Waals surface area contributed by atoms with Gasteiger partial charge in [-0.05, 0) is 99.7 Å². The van der Waals surface area contributed by atoms with E-state index >= 15 is 0 Å². The maximum absolute atomic E-state index is 13.9. The zero-order valence-corrected chi connectivity index (χ0v) is 18.4. The first kappa shape index (κ1) is 19.6. The van der Waals surface area contributed by atoms with Gasteiger partial charge in [-0.2, -0.15) is 0 Å². The van der Waals surface area contributed by atoms with Crippen LogP contribution in [0.15, 0.2) is 23.1 Å². The van der Waals surface area contributed by atoms with E-state index in [4.69, 9.17) is 0 Å². The highest BCUT2D eigenvalue weighted by atomic mass is 32.2. The van der Waals surface area contributed by atoms with Crippen LogP contribution < -0.4 is 5.32 Å². The Kier molecular flexibility index (Phi) is 4.61. The molecule has 5 aliphatic rings. The van der Waals surface area contributed by atoms with E-state index in [1.807, 2.05) is 26.0 Å². The van der Waals surface area contributed by atoms with Crippen LogP contribution >= 0.6 is 0 Å². The highest BCUT2D eigenvalue weighted by Crippen LogP contribution is 2.54. The summed E-state index contributed by atoms with van der Waals surface area (Å²) in [4.78, 5) is 14.0. The largest absolute Gasteiger partial charge is 0.351 e. The van der Waals surface area contributed by atoms with Gasteiger partial charge in [0.2, 0.25) is 5.91 Å². The van der Waals surface area contributed by atoms with Gasteiger partial charge in [0.15, 0.2) is 14.6 Å². The summed E-state index contributed by atoms with van der Waals surface area (Å²) < 4.78 is 26.4. The minimum absolute atomic E-state index is 0.182. The Balaban J connectivity index is 1.46. The second-order valence-corrected chi connectivity index (χ2v) is 12.6. The van der Waals surface area contributed by atoms with E-state index in [0.29, 0.717) is 29.6 Å². The third-order valence-corrected chi connectivity index (χ3v) is 11.1. The predicted octanol–water partition coefficient (Wildman–Crippen LogP) is 4.33. The molecule has 1 aromatic carbocycles. The number of carbonyl (C=O) groups is 1. The van der Waals surface area contributed by atoms with Crippen molar-refractivity contribution in [1.29, 1.82) is 0 Å². The van der Waals surface area contributed by atoms with E-state index < -0.39 is 14.6 Å². The maximum Gasteiger partial charge on any atom is 0.242 e. The molecule has 0 heterocycles. The van der Waals surface area contributed by atoms with E-state index in [1.165, 1.54) is 32.1 Å². The number of nitrogens with one attached hydrogen (secondary N) is 1. The average molecular weight is 416 g/mol. The Morgan fingerprint density at radius 1 is 0.966 bits per heavy atom. The quantitative estimate of drug-likeness (QED) is 0.796. The van der Waals surface area contributed by atoms with Crippen molar-refractivity contribution in [1.82, 2.24) is 5.32 Å². The van der Waals surface area contributed by atoms with Gasteiger partial charge in [-0.3, -0.25) is 4.79 Å². The first-order valence-corrected chi connectivity index (χ1v) is 12.9. The third-order valence-electron chi connectivity index (χ3n) is 8.50. The molecule has 0 unspecified atom stereocenters. The molecule has 1 aromatic rings. The number of carbonyl (C=O) groups excluding carboxylic acids is 1. The van der Waals surface area contributed by atoms with Crippen LogP contribution in [0.2, 0.25) is 0 Å². The predicted molar refractivity (Wildman–Crippen MR) is 113 cm³/mol. The van der Waals surface area contributed by atoms with Gasteiger partial charge >= 0.3 is 0 Å². The molecule has 6 rings (SSSR count). The van der Waals surface area contributed by atoms with Crippen molar-refractivity contribution in [2.75, 3.05) is 0 Å². The fourth-order valence-corrected chi connectivity index (χ4v) is 9.60. The lowest BCUT2D eigenvalue weighted by Crippen LogP contribution is -2.60. The second kappa shape index (κ2) is 6.83. The van der Waals surface area contributed by atoms with Crippen molar-refractivity contribution < 1.29 is 13.2 Å². The molecule has 1 amide bonds. The number of amides is 1. The molecule has 5 fully saturated rings. The third kappa shape index (κ3) is 2.98. The molecule has 29 heavy (non-hydrogen) atoms. The lowest BCUT2D eigenvalue weighted by molar-refractivity contribution is -0.127. The molecule has 0 saturated heterocycles. The first-order valence-electron chi connectivity index (χ1n) is 11.4. The van der Waals surface area contributed by atoms with Crippen molar-refractivity contribution in [2.24, 2.45) is 23.7 Å². The SMILES string of the molecule is Cc1ccc(C)c(S(=O)(=O)C2(C(=O)NC3C4CC5CC(C4)CC3C5)CCCC2)c1. The summed E-state index contributed by atoms with van der Waals surface area (Å²) in [5.41, 5.74) is 1.66. The van der Waals surface area contributed by atoms with Crippen LogP contribution in [0.3, 0.4) is 0 Å². The van der Waals surface area contributed by atoms with Gasteiger partial charge in [-0.15, -0.1) is 0 Å². The highest BCUT2D eigenvalue weighted by Gasteiger charge is 2.56. The molecular weight excluding hydrogens is 382 g/mol. The summed E-state index contributed by atoms with van der Waals surface area (Å²) in [7, 11) is -3.74. The van der Waals surface area contributed by atoms with Crippen molar-refractivity contribution >= 4 is 15.7 Å². The second-order valence-electron chi connectivity index (χ2n) is 10.4. The van der Waals surface area contributed by atoms with Gasteiger partial charge in [0, 0.05) is 6.04 Å². The summed E-state index contributed by atoms with van der Waals surface area (Å²) in [6.07, 6.45) is 8.74. The number of rotatable bonds is 4. The van der Waals surface area contributed by atoms with E-state index in [2.05, 4.69) is 5.32 Å². The number of aryl methyl sites for hydroxylation is 2. The molecule has 0 aromatic heterocycles. The normalized spacial score (nSPS) is 35.0. The summed E-state index contributed by atoms with van der Waals surface area (Å²) in [5, 5.41) is 3.34. The Morgan fingerprint density at radius 2 is 1.55 bits per heavy atom. The smallest absolute Gasteiger partial charge is 0.242 e. The lowest BCUT2D eigenvalue weighted by atomic mass is 9.54. The van der Waals surface area contributed by atoms with Crippen molar-refractivity contribution in [3.05, 3.63) is 29.3 Å². The van der Waals surface area contributed by atoms with Crippen molar-refractivity contribution in [3.63, 3.8) is 0 Å². The number of hydrogen-bond donors (Lipinski definition) is 1. The molecular formula is C24H33NO3S. The van der Waals surface area contributed by atoms with Gasteiger partial charge in [0.05, 0.1) is 4.90 Å². The molecule has 0 spiro atoms. The zero-order chi connectivity index (χ0) is 20.4. The molecule has 0 aliphatic heterocycles. The van der Waals surface area contributed by atoms with Gasteiger partial charge in [-0.25, -0.2) is 8.42 Å². The molecule has 5 saturated carbocycles. The Morgan fingerprint density at radius 3 is 2.14 bits per heavy atom. The number of sulfone groups is 1. The fourth-order valence-electron chi connectivity index (χ4n) is 7.21. The van der Waals surface area contributed by atoms with E-state index in [9.17, 15) is 13.2 Å².